The van der Waals surface area contributed by atoms with Gasteiger partial charge in [0.25, 0.3) is 0 Å². The Morgan fingerprint density at radius 3 is 2.33 bits per heavy atom. The fourth-order valence-corrected chi connectivity index (χ4v) is 2.48. The van der Waals surface area contributed by atoms with Gasteiger partial charge in [0, 0.05) is 13.5 Å². The van der Waals surface area contributed by atoms with Crippen LogP contribution in [0.1, 0.15) is 46.0 Å². The van der Waals surface area contributed by atoms with Crippen LogP contribution in [0.15, 0.2) is 0 Å². The fraction of sp³-hybridized carbons (Fsp3) is 0.917. The average Bonchev–Trinajstić information content (AvgIpc) is 2.19. The van der Waals surface area contributed by atoms with E-state index in [1.807, 2.05) is 0 Å². The molecule has 0 radical (unpaired) electrons. The van der Waals surface area contributed by atoms with E-state index in [1.165, 1.54) is 0 Å². The van der Waals surface area contributed by atoms with Gasteiger partial charge < -0.3 is 14.5 Å². The third-order valence-corrected chi connectivity index (χ3v) is 3.45. The van der Waals surface area contributed by atoms with Crippen LogP contribution in [0.2, 0.25) is 0 Å². The Morgan fingerprint density at radius 2 is 1.89 bits per heavy atom. The first-order chi connectivity index (χ1) is 8.24. The van der Waals surface area contributed by atoms with Crippen molar-refractivity contribution in [1.29, 1.82) is 0 Å². The van der Waals surface area contributed by atoms with Crippen molar-refractivity contribution in [2.75, 3.05) is 13.3 Å². The Hall–Kier alpha value is -0.220. The summed E-state index contributed by atoms with van der Waals surface area (Å²) in [7, 11) is -2.50. The fourth-order valence-electron chi connectivity index (χ4n) is 1.86. The molecule has 6 heteroatoms. The summed E-state index contributed by atoms with van der Waals surface area (Å²) in [5, 5.41) is 0. The van der Waals surface area contributed by atoms with Crippen molar-refractivity contribution in [2.45, 2.75) is 52.1 Å². The zero-order chi connectivity index (χ0) is 14.2. The highest BCUT2D eigenvalue weighted by atomic mass is 31.2. The van der Waals surface area contributed by atoms with Gasteiger partial charge in [0.2, 0.25) is 0 Å². The number of Topliss-reactive ketones (excluding diaryl/α,β-unsaturated/α-hetero) is 1. The molecular formula is C12H25O5P. The number of hydrogen-bond acceptors (Lipinski definition) is 3. The molecule has 0 amide bonds. The van der Waals surface area contributed by atoms with Gasteiger partial charge in [-0.15, -0.1) is 0 Å². The second-order valence-electron chi connectivity index (χ2n) is 5.09. The molecule has 0 fully saturated rings. The number of rotatable bonds is 10. The van der Waals surface area contributed by atoms with Crippen LogP contribution in [0.25, 0.3) is 0 Å². The lowest BCUT2D eigenvalue weighted by Crippen LogP contribution is -2.13. The summed E-state index contributed by atoms with van der Waals surface area (Å²) >= 11 is 0. The summed E-state index contributed by atoms with van der Waals surface area (Å²) < 4.78 is 15.9. The first-order valence-corrected chi connectivity index (χ1v) is 8.13. The van der Waals surface area contributed by atoms with Gasteiger partial charge in [-0.1, -0.05) is 20.3 Å². The molecule has 0 rings (SSSR count). The van der Waals surface area contributed by atoms with Crippen molar-refractivity contribution in [3.8, 4) is 0 Å². The predicted octanol–water partition coefficient (Wildman–Crippen LogP) is 2.35. The largest absolute Gasteiger partial charge is 0.381 e. The molecule has 0 aliphatic carbocycles. The minimum absolute atomic E-state index is 0.210. The minimum Gasteiger partial charge on any atom is -0.381 e. The topological polar surface area (TPSA) is 83.8 Å². The lowest BCUT2D eigenvalue weighted by atomic mass is 10.0. The molecule has 5 nitrogen and oxygen atoms in total. The number of carbonyl (C=O) groups is 1. The van der Waals surface area contributed by atoms with Crippen molar-refractivity contribution in [2.24, 2.45) is 5.92 Å². The van der Waals surface area contributed by atoms with Crippen LogP contribution in [0.5, 0.6) is 0 Å². The molecule has 0 aromatic rings. The Morgan fingerprint density at radius 1 is 1.28 bits per heavy atom. The Balaban J connectivity index is 3.72. The van der Waals surface area contributed by atoms with Gasteiger partial charge in [-0.2, -0.15) is 0 Å². The molecular weight excluding hydrogens is 255 g/mol. The van der Waals surface area contributed by atoms with Crippen molar-refractivity contribution in [3.63, 3.8) is 0 Å². The molecule has 0 aliphatic rings. The molecule has 0 bridgehead atoms. The lowest BCUT2D eigenvalue weighted by Gasteiger charge is -2.17. The van der Waals surface area contributed by atoms with Gasteiger partial charge in [-0.05, 0) is 25.2 Å². The quantitative estimate of drug-likeness (QED) is 0.474. The van der Waals surface area contributed by atoms with Gasteiger partial charge >= 0.3 is 7.60 Å². The second-order valence-corrected chi connectivity index (χ2v) is 6.74. The van der Waals surface area contributed by atoms with Crippen LogP contribution in [0.4, 0.5) is 0 Å². The summed E-state index contributed by atoms with van der Waals surface area (Å²) in [6.45, 7) is 4.27. The normalized spacial score (nSPS) is 13.9. The number of unbranched alkanes of at least 4 members (excludes halogenated alkanes) is 1. The van der Waals surface area contributed by atoms with E-state index in [0.29, 0.717) is 12.3 Å². The zero-order valence-corrected chi connectivity index (χ0v) is 12.4. The summed E-state index contributed by atoms with van der Waals surface area (Å²) in [5.41, 5.74) is 0. The molecule has 0 saturated carbocycles. The molecule has 0 saturated heterocycles. The maximum absolute atomic E-state index is 11.2. The van der Waals surface area contributed by atoms with Crippen LogP contribution in [0, 0.1) is 5.92 Å². The van der Waals surface area contributed by atoms with E-state index in [4.69, 9.17) is 14.5 Å². The van der Waals surface area contributed by atoms with Crippen molar-refractivity contribution < 1.29 is 23.9 Å². The van der Waals surface area contributed by atoms with Crippen molar-refractivity contribution >= 4 is 13.4 Å². The summed E-state index contributed by atoms with van der Waals surface area (Å²) in [6, 6.07) is 0. The first-order valence-electron chi connectivity index (χ1n) is 6.33. The molecule has 1 atom stereocenters. The number of hydrogen-bond donors (Lipinski definition) is 2. The van der Waals surface area contributed by atoms with Crippen LogP contribution in [0.3, 0.4) is 0 Å². The van der Waals surface area contributed by atoms with Crippen molar-refractivity contribution in [1.82, 2.24) is 0 Å². The van der Waals surface area contributed by atoms with Crippen molar-refractivity contribution in [3.05, 3.63) is 0 Å². The smallest absolute Gasteiger partial charge is 0.332 e. The molecule has 0 aromatic heterocycles. The molecule has 0 aromatic carbocycles. The molecule has 0 heterocycles. The van der Waals surface area contributed by atoms with Gasteiger partial charge in [-0.25, -0.2) is 0 Å². The van der Waals surface area contributed by atoms with E-state index in [9.17, 15) is 9.36 Å². The summed E-state index contributed by atoms with van der Waals surface area (Å²) in [6.07, 6.45) is 3.21. The van der Waals surface area contributed by atoms with E-state index in [-0.39, 0.29) is 18.3 Å². The molecule has 2 N–H and O–H groups in total. The highest BCUT2D eigenvalue weighted by molar-refractivity contribution is 7.52. The van der Waals surface area contributed by atoms with E-state index in [2.05, 4.69) is 13.8 Å². The standard InChI is InChI=1S/C12H25O5P/c1-10(2)8-12(17-3)7-5-4-6-11(13)9-18(14,15)16/h10,12H,4-9H2,1-3H3,(H2,14,15,16). The van der Waals surface area contributed by atoms with E-state index in [0.717, 1.165) is 19.3 Å². The Labute approximate surface area is 109 Å². The number of ether oxygens (including phenoxy) is 1. The van der Waals surface area contributed by atoms with Crippen LogP contribution in [-0.4, -0.2) is 34.9 Å². The third kappa shape index (κ3) is 10.9. The maximum atomic E-state index is 11.2. The first kappa shape index (κ1) is 17.8. The average molecular weight is 280 g/mol. The van der Waals surface area contributed by atoms with Gasteiger partial charge in [0.15, 0.2) is 0 Å². The molecule has 18 heavy (non-hydrogen) atoms. The number of carbonyl (C=O) groups excluding carboxylic acids is 1. The molecule has 1 unspecified atom stereocenters. The third-order valence-electron chi connectivity index (χ3n) is 2.68. The molecule has 0 spiro atoms. The van der Waals surface area contributed by atoms with E-state index < -0.39 is 13.8 Å². The molecule has 0 aliphatic heterocycles. The Kier molecular flexibility index (Phi) is 8.70. The summed E-state index contributed by atoms with van der Waals surface area (Å²) in [4.78, 5) is 28.5. The summed E-state index contributed by atoms with van der Waals surface area (Å²) in [5.74, 6) is 0.215. The van der Waals surface area contributed by atoms with Gasteiger partial charge in [0.05, 0.1) is 6.10 Å². The van der Waals surface area contributed by atoms with E-state index >= 15 is 0 Å². The molecule has 108 valence electrons. The van der Waals surface area contributed by atoms with Crippen LogP contribution < -0.4 is 0 Å². The second kappa shape index (κ2) is 8.81. The van der Waals surface area contributed by atoms with E-state index in [1.54, 1.807) is 7.11 Å². The number of methoxy groups -OCH3 is 1. The monoisotopic (exact) mass is 280 g/mol. The van der Waals surface area contributed by atoms with Crippen LogP contribution in [-0.2, 0) is 14.1 Å². The predicted molar refractivity (Wildman–Crippen MR) is 70.6 cm³/mol. The lowest BCUT2D eigenvalue weighted by molar-refractivity contribution is -0.117. The van der Waals surface area contributed by atoms with Gasteiger partial charge in [-0.3, -0.25) is 9.36 Å². The Bertz CT molecular complexity index is 284. The van der Waals surface area contributed by atoms with Gasteiger partial charge in [0.1, 0.15) is 11.9 Å². The minimum atomic E-state index is -4.19. The highest BCUT2D eigenvalue weighted by Gasteiger charge is 2.18. The highest BCUT2D eigenvalue weighted by Crippen LogP contribution is 2.34. The zero-order valence-electron chi connectivity index (χ0n) is 11.5. The van der Waals surface area contributed by atoms with Crippen LogP contribution >= 0.6 is 7.60 Å². The SMILES string of the molecule is COC(CCCCC(=O)CP(=O)(O)O)CC(C)C. The maximum Gasteiger partial charge on any atom is 0.332 e. The number of ketones is 1.